The third-order valence-corrected chi connectivity index (χ3v) is 3.27. The normalized spacial score (nSPS) is 10.2. The Morgan fingerprint density at radius 1 is 1.10 bits per heavy atom. The molecule has 0 fully saturated rings. The van der Waals surface area contributed by atoms with Gasteiger partial charge in [0.05, 0.1) is 10.2 Å². The topological polar surface area (TPSA) is 66.4 Å². The van der Waals surface area contributed by atoms with E-state index >= 15 is 0 Å². The molecule has 2 rings (SSSR count). The molecule has 0 aliphatic heterocycles. The number of nitrogens with one attached hydrogen (secondary N) is 1. The summed E-state index contributed by atoms with van der Waals surface area (Å²) in [6.45, 7) is 0. The minimum absolute atomic E-state index is 0.0906. The molecule has 2 aromatic carbocycles. The van der Waals surface area contributed by atoms with Crippen LogP contribution in [0.25, 0.3) is 0 Å². The smallest absolute Gasteiger partial charge is 0.340 e. The van der Waals surface area contributed by atoms with Crippen LogP contribution in [0.1, 0.15) is 20.7 Å². The van der Waals surface area contributed by atoms with Gasteiger partial charge in [-0.25, -0.2) is 13.6 Å². The van der Waals surface area contributed by atoms with Gasteiger partial charge in [-0.2, -0.15) is 0 Å². The van der Waals surface area contributed by atoms with Crippen LogP contribution in [0.3, 0.4) is 0 Å². The fourth-order valence-corrected chi connectivity index (χ4v) is 2.06. The highest BCUT2D eigenvalue weighted by atomic mass is 79.9. The van der Waals surface area contributed by atoms with Crippen molar-refractivity contribution in [2.24, 2.45) is 0 Å². The molecule has 0 saturated carbocycles. The van der Waals surface area contributed by atoms with E-state index in [-0.39, 0.29) is 15.7 Å². The van der Waals surface area contributed by atoms with Crippen molar-refractivity contribution in [3.63, 3.8) is 0 Å². The Morgan fingerprint density at radius 3 is 2.43 bits per heavy atom. The highest BCUT2D eigenvalue weighted by molar-refractivity contribution is 9.10. The van der Waals surface area contributed by atoms with E-state index in [1.54, 1.807) is 0 Å². The fourth-order valence-electron chi connectivity index (χ4n) is 1.68. The summed E-state index contributed by atoms with van der Waals surface area (Å²) >= 11 is 2.94. The summed E-state index contributed by atoms with van der Waals surface area (Å²) in [6, 6.07) is 7.08. The molecule has 1 amide bonds. The second kappa shape index (κ2) is 6.01. The highest BCUT2D eigenvalue weighted by Crippen LogP contribution is 2.21. The van der Waals surface area contributed by atoms with Crippen LogP contribution in [0.15, 0.2) is 40.9 Å². The first-order chi connectivity index (χ1) is 9.90. The maximum atomic E-state index is 13.5. The fraction of sp³-hybridized carbons (Fsp3) is 0. The predicted octanol–water partition coefficient (Wildman–Crippen LogP) is 3.68. The average Bonchev–Trinajstić information content (AvgIpc) is 2.41. The standard InChI is InChI=1S/C14H8BrF2NO3/c15-8-6-7(4-5-9(8)16)13(19)18-11-3-1-2-10(17)12(11)14(20)21/h1-6H,(H,18,19)(H,20,21). The molecule has 0 aliphatic rings. The van der Waals surface area contributed by atoms with Crippen LogP contribution in [0.2, 0.25) is 0 Å². The van der Waals surface area contributed by atoms with Crippen molar-refractivity contribution in [1.29, 1.82) is 0 Å². The van der Waals surface area contributed by atoms with E-state index in [0.29, 0.717) is 0 Å². The number of hydrogen-bond donors (Lipinski definition) is 2. The second-order valence-corrected chi connectivity index (χ2v) is 4.90. The zero-order chi connectivity index (χ0) is 15.6. The van der Waals surface area contributed by atoms with Crippen LogP contribution in [0.4, 0.5) is 14.5 Å². The van der Waals surface area contributed by atoms with Gasteiger partial charge in [-0.3, -0.25) is 4.79 Å². The molecular formula is C14H8BrF2NO3. The van der Waals surface area contributed by atoms with Gasteiger partial charge in [-0.05, 0) is 46.3 Å². The maximum absolute atomic E-state index is 13.5. The number of carbonyl (C=O) groups excluding carboxylic acids is 1. The lowest BCUT2D eigenvalue weighted by Gasteiger charge is -2.09. The number of aromatic carboxylic acids is 1. The Balaban J connectivity index is 2.34. The number of anilines is 1. The summed E-state index contributed by atoms with van der Waals surface area (Å²) < 4.78 is 26.7. The van der Waals surface area contributed by atoms with Gasteiger partial charge in [0.2, 0.25) is 0 Å². The lowest BCUT2D eigenvalue weighted by molar-refractivity contribution is 0.0693. The quantitative estimate of drug-likeness (QED) is 0.882. The summed E-state index contributed by atoms with van der Waals surface area (Å²) in [5.74, 6) is -3.67. The average molecular weight is 356 g/mol. The van der Waals surface area contributed by atoms with E-state index in [4.69, 9.17) is 5.11 Å². The summed E-state index contributed by atoms with van der Waals surface area (Å²) in [6.07, 6.45) is 0. The van der Waals surface area contributed by atoms with Crippen LogP contribution >= 0.6 is 15.9 Å². The van der Waals surface area contributed by atoms with Crippen molar-refractivity contribution in [1.82, 2.24) is 0 Å². The van der Waals surface area contributed by atoms with Gasteiger partial charge < -0.3 is 10.4 Å². The Kier molecular flexibility index (Phi) is 4.32. The molecule has 108 valence electrons. The van der Waals surface area contributed by atoms with Crippen LogP contribution < -0.4 is 5.32 Å². The zero-order valence-electron chi connectivity index (χ0n) is 10.4. The monoisotopic (exact) mass is 355 g/mol. The molecule has 21 heavy (non-hydrogen) atoms. The number of benzene rings is 2. The van der Waals surface area contributed by atoms with E-state index in [1.165, 1.54) is 24.3 Å². The molecule has 0 bridgehead atoms. The van der Waals surface area contributed by atoms with Crippen molar-refractivity contribution in [3.05, 3.63) is 63.6 Å². The SMILES string of the molecule is O=C(Nc1cccc(F)c1C(=O)O)c1ccc(F)c(Br)c1. The Bertz CT molecular complexity index is 734. The molecule has 0 saturated heterocycles. The van der Waals surface area contributed by atoms with E-state index in [2.05, 4.69) is 21.2 Å². The minimum atomic E-state index is -1.50. The maximum Gasteiger partial charge on any atom is 0.340 e. The van der Waals surface area contributed by atoms with Crippen molar-refractivity contribution < 1.29 is 23.5 Å². The van der Waals surface area contributed by atoms with Gasteiger partial charge in [0.25, 0.3) is 5.91 Å². The van der Waals surface area contributed by atoms with Gasteiger partial charge in [0.1, 0.15) is 17.2 Å². The largest absolute Gasteiger partial charge is 0.478 e. The van der Waals surface area contributed by atoms with Gasteiger partial charge in [0, 0.05) is 5.56 Å². The highest BCUT2D eigenvalue weighted by Gasteiger charge is 2.18. The molecule has 0 heterocycles. The van der Waals surface area contributed by atoms with Crippen LogP contribution in [0.5, 0.6) is 0 Å². The molecular weight excluding hydrogens is 348 g/mol. The number of halogens is 3. The van der Waals surface area contributed by atoms with Crippen LogP contribution in [-0.2, 0) is 0 Å². The number of amides is 1. The van der Waals surface area contributed by atoms with Crippen molar-refractivity contribution >= 4 is 33.5 Å². The van der Waals surface area contributed by atoms with E-state index < -0.39 is 29.1 Å². The third-order valence-electron chi connectivity index (χ3n) is 2.66. The van der Waals surface area contributed by atoms with E-state index in [1.807, 2.05) is 0 Å². The lowest BCUT2D eigenvalue weighted by atomic mass is 10.1. The van der Waals surface area contributed by atoms with E-state index in [0.717, 1.165) is 12.1 Å². The first-order valence-electron chi connectivity index (χ1n) is 5.68. The number of carboxylic acids is 1. The van der Waals surface area contributed by atoms with Gasteiger partial charge in [-0.15, -0.1) is 0 Å². The number of carbonyl (C=O) groups is 2. The Hall–Kier alpha value is -2.28. The molecule has 0 atom stereocenters. The molecule has 2 N–H and O–H groups in total. The molecule has 7 heteroatoms. The summed E-state index contributed by atoms with van der Waals surface area (Å²) in [4.78, 5) is 23.0. The van der Waals surface area contributed by atoms with Crippen LogP contribution in [0, 0.1) is 11.6 Å². The van der Waals surface area contributed by atoms with Gasteiger partial charge in [-0.1, -0.05) is 6.07 Å². The Morgan fingerprint density at radius 2 is 1.81 bits per heavy atom. The minimum Gasteiger partial charge on any atom is -0.478 e. The van der Waals surface area contributed by atoms with E-state index in [9.17, 15) is 18.4 Å². The summed E-state index contributed by atoms with van der Waals surface area (Å²) in [5.41, 5.74) is -0.705. The molecule has 2 aromatic rings. The predicted molar refractivity (Wildman–Crippen MR) is 75.4 cm³/mol. The third kappa shape index (κ3) is 3.25. The van der Waals surface area contributed by atoms with Gasteiger partial charge >= 0.3 is 5.97 Å². The van der Waals surface area contributed by atoms with Crippen molar-refractivity contribution in [2.45, 2.75) is 0 Å². The summed E-state index contributed by atoms with van der Waals surface area (Å²) in [5, 5.41) is 11.3. The first kappa shape index (κ1) is 15.1. The van der Waals surface area contributed by atoms with Crippen LogP contribution in [-0.4, -0.2) is 17.0 Å². The lowest BCUT2D eigenvalue weighted by Crippen LogP contribution is -2.16. The van der Waals surface area contributed by atoms with Crippen molar-refractivity contribution in [3.8, 4) is 0 Å². The molecule has 0 aromatic heterocycles. The van der Waals surface area contributed by atoms with Gasteiger partial charge in [0.15, 0.2) is 0 Å². The number of carboxylic acid groups (broad SMARTS) is 1. The first-order valence-corrected chi connectivity index (χ1v) is 6.47. The molecule has 0 aliphatic carbocycles. The second-order valence-electron chi connectivity index (χ2n) is 4.05. The number of hydrogen-bond acceptors (Lipinski definition) is 2. The zero-order valence-corrected chi connectivity index (χ0v) is 11.9. The number of rotatable bonds is 3. The van der Waals surface area contributed by atoms with Crippen molar-refractivity contribution in [2.75, 3.05) is 5.32 Å². The molecule has 4 nitrogen and oxygen atoms in total. The summed E-state index contributed by atoms with van der Waals surface area (Å²) in [7, 11) is 0. The Labute approximate surface area is 126 Å². The molecule has 0 unspecified atom stereocenters. The molecule has 0 spiro atoms. The molecule has 0 radical (unpaired) electrons.